The summed E-state index contributed by atoms with van der Waals surface area (Å²) in [5.41, 5.74) is 1.27. The summed E-state index contributed by atoms with van der Waals surface area (Å²) < 4.78 is 45.5. The van der Waals surface area contributed by atoms with E-state index in [9.17, 15) is 18.0 Å². The van der Waals surface area contributed by atoms with Crippen molar-refractivity contribution in [3.63, 3.8) is 0 Å². The van der Waals surface area contributed by atoms with Gasteiger partial charge in [0.25, 0.3) is 5.91 Å². The van der Waals surface area contributed by atoms with Gasteiger partial charge in [-0.15, -0.1) is 0 Å². The molecule has 178 valence electrons. The Morgan fingerprint density at radius 1 is 1.00 bits per heavy atom. The molecule has 2 aliphatic rings. The summed E-state index contributed by atoms with van der Waals surface area (Å²) in [6.07, 6.45) is -1.80. The number of ether oxygens (including phenoxy) is 1. The molecule has 0 bridgehead atoms. The molecule has 1 amide bonds. The molecule has 0 atom stereocenters. The first-order valence-electron chi connectivity index (χ1n) is 11.5. The average Bonchev–Trinajstić information content (AvgIpc) is 3.59. The second kappa shape index (κ2) is 9.37. The molecule has 0 aromatic heterocycles. The molecular weight excluding hydrogens is 429 g/mol. The molecule has 2 aromatic carbocycles. The SMILES string of the molecule is CN(C)C(=O)c1ccc(-c2ccc(OCC3CCN(CC4(C(F)(F)F)CC4)CC3)cc2)cc1. The lowest BCUT2D eigenvalue weighted by Crippen LogP contribution is -2.43. The van der Waals surface area contributed by atoms with Crippen LogP contribution in [-0.4, -0.2) is 62.2 Å². The Bertz CT molecular complexity index is 943. The van der Waals surface area contributed by atoms with Crippen LogP contribution in [0.3, 0.4) is 0 Å². The molecule has 0 radical (unpaired) electrons. The number of likely N-dealkylation sites (tertiary alicyclic amines) is 1. The summed E-state index contributed by atoms with van der Waals surface area (Å²) in [5, 5.41) is 0. The first-order valence-corrected chi connectivity index (χ1v) is 11.5. The zero-order chi connectivity index (χ0) is 23.6. The number of piperidine rings is 1. The molecule has 0 spiro atoms. The molecule has 7 heteroatoms. The van der Waals surface area contributed by atoms with Crippen molar-refractivity contribution in [3.05, 3.63) is 54.1 Å². The van der Waals surface area contributed by atoms with Crippen LogP contribution in [0, 0.1) is 11.3 Å². The number of amides is 1. The fourth-order valence-electron chi connectivity index (χ4n) is 4.44. The fraction of sp³-hybridized carbons (Fsp3) is 0.500. The third-order valence-electron chi connectivity index (χ3n) is 6.90. The van der Waals surface area contributed by atoms with Crippen molar-refractivity contribution in [2.45, 2.75) is 31.9 Å². The van der Waals surface area contributed by atoms with E-state index < -0.39 is 11.6 Å². The maximum absolute atomic E-state index is 13.2. The highest BCUT2D eigenvalue weighted by molar-refractivity contribution is 5.94. The van der Waals surface area contributed by atoms with Gasteiger partial charge in [-0.25, -0.2) is 0 Å². The van der Waals surface area contributed by atoms with Gasteiger partial charge in [0.2, 0.25) is 0 Å². The highest BCUT2D eigenvalue weighted by Crippen LogP contribution is 2.58. The summed E-state index contributed by atoms with van der Waals surface area (Å²) in [7, 11) is 3.46. The largest absolute Gasteiger partial charge is 0.493 e. The molecule has 1 saturated heterocycles. The highest BCUT2D eigenvalue weighted by Gasteiger charge is 2.63. The number of carbonyl (C=O) groups is 1. The van der Waals surface area contributed by atoms with Gasteiger partial charge in [-0.1, -0.05) is 24.3 Å². The molecule has 2 aromatic rings. The third-order valence-corrected chi connectivity index (χ3v) is 6.90. The summed E-state index contributed by atoms with van der Waals surface area (Å²) in [5.74, 6) is 1.13. The standard InChI is InChI=1S/C26H31F3N2O2/c1-30(2)24(32)22-5-3-20(4-6-22)21-7-9-23(10-8-21)33-17-19-11-15-31(16-12-19)18-25(13-14-25)26(27,28)29/h3-10,19H,11-18H2,1-2H3. The molecule has 1 aliphatic heterocycles. The number of alkyl halides is 3. The maximum atomic E-state index is 13.2. The van der Waals surface area contributed by atoms with Crippen LogP contribution in [0.25, 0.3) is 11.1 Å². The number of carbonyl (C=O) groups excluding carboxylic acids is 1. The molecule has 0 N–H and O–H groups in total. The Morgan fingerprint density at radius 3 is 2.03 bits per heavy atom. The number of hydrogen-bond donors (Lipinski definition) is 0. The Labute approximate surface area is 193 Å². The van der Waals surface area contributed by atoms with Crippen LogP contribution in [0.4, 0.5) is 13.2 Å². The van der Waals surface area contributed by atoms with E-state index in [1.54, 1.807) is 19.0 Å². The number of hydrogen-bond acceptors (Lipinski definition) is 3. The molecule has 1 saturated carbocycles. The summed E-state index contributed by atoms with van der Waals surface area (Å²) in [6, 6.07) is 15.4. The minimum absolute atomic E-state index is 0.0245. The lowest BCUT2D eigenvalue weighted by atomic mass is 9.96. The van der Waals surface area contributed by atoms with Gasteiger partial charge in [0.05, 0.1) is 12.0 Å². The second-order valence-electron chi connectivity index (χ2n) is 9.61. The van der Waals surface area contributed by atoms with Gasteiger partial charge in [0.1, 0.15) is 5.75 Å². The predicted molar refractivity (Wildman–Crippen MR) is 122 cm³/mol. The first-order chi connectivity index (χ1) is 15.7. The quantitative estimate of drug-likeness (QED) is 0.548. The second-order valence-corrected chi connectivity index (χ2v) is 9.61. The molecule has 0 unspecified atom stereocenters. The van der Waals surface area contributed by atoms with Crippen LogP contribution in [0.2, 0.25) is 0 Å². The van der Waals surface area contributed by atoms with E-state index in [1.807, 2.05) is 53.4 Å². The molecule has 4 rings (SSSR count). The van der Waals surface area contributed by atoms with E-state index in [0.29, 0.717) is 31.2 Å². The minimum Gasteiger partial charge on any atom is -0.493 e. The van der Waals surface area contributed by atoms with E-state index >= 15 is 0 Å². The molecule has 4 nitrogen and oxygen atoms in total. The van der Waals surface area contributed by atoms with E-state index in [1.165, 1.54) is 0 Å². The normalized spacial score (nSPS) is 18.7. The zero-order valence-corrected chi connectivity index (χ0v) is 19.2. The maximum Gasteiger partial charge on any atom is 0.395 e. The smallest absolute Gasteiger partial charge is 0.395 e. The van der Waals surface area contributed by atoms with Gasteiger partial charge in [-0.05, 0) is 80.1 Å². The Hall–Kier alpha value is -2.54. The third kappa shape index (κ3) is 5.52. The summed E-state index contributed by atoms with van der Waals surface area (Å²) in [6.45, 7) is 2.14. The molecule has 33 heavy (non-hydrogen) atoms. The summed E-state index contributed by atoms with van der Waals surface area (Å²) in [4.78, 5) is 15.6. The van der Waals surface area contributed by atoms with Gasteiger partial charge >= 0.3 is 6.18 Å². The van der Waals surface area contributed by atoms with Gasteiger partial charge in [-0.3, -0.25) is 4.79 Å². The number of nitrogens with zero attached hydrogens (tertiary/aromatic N) is 2. The lowest BCUT2D eigenvalue weighted by molar-refractivity contribution is -0.192. The number of rotatable bonds is 7. The van der Waals surface area contributed by atoms with Crippen molar-refractivity contribution in [1.82, 2.24) is 9.80 Å². The van der Waals surface area contributed by atoms with Gasteiger partial charge < -0.3 is 14.5 Å². The Balaban J connectivity index is 1.24. The van der Waals surface area contributed by atoms with Gasteiger partial charge in [0.15, 0.2) is 0 Å². The van der Waals surface area contributed by atoms with Crippen molar-refractivity contribution in [3.8, 4) is 16.9 Å². The topological polar surface area (TPSA) is 32.8 Å². The van der Waals surface area contributed by atoms with Gasteiger partial charge in [0, 0.05) is 26.2 Å². The predicted octanol–water partition coefficient (Wildman–Crippen LogP) is 5.49. The van der Waals surface area contributed by atoms with Crippen LogP contribution >= 0.6 is 0 Å². The van der Waals surface area contributed by atoms with Crippen LogP contribution in [-0.2, 0) is 0 Å². The Kier molecular flexibility index (Phi) is 6.71. The monoisotopic (exact) mass is 460 g/mol. The van der Waals surface area contributed by atoms with Crippen molar-refractivity contribution < 1.29 is 22.7 Å². The van der Waals surface area contributed by atoms with Crippen LogP contribution in [0.15, 0.2) is 48.5 Å². The van der Waals surface area contributed by atoms with Crippen molar-refractivity contribution in [2.75, 3.05) is 40.3 Å². The minimum atomic E-state index is -4.08. The summed E-state index contributed by atoms with van der Waals surface area (Å²) >= 11 is 0. The van der Waals surface area contributed by atoms with E-state index in [-0.39, 0.29) is 25.3 Å². The molecule has 1 aliphatic carbocycles. The molecular formula is C26H31F3N2O2. The fourth-order valence-corrected chi connectivity index (χ4v) is 4.44. The van der Waals surface area contributed by atoms with Crippen molar-refractivity contribution in [1.29, 1.82) is 0 Å². The van der Waals surface area contributed by atoms with E-state index in [2.05, 4.69) is 0 Å². The average molecular weight is 461 g/mol. The number of benzene rings is 2. The first kappa shape index (κ1) is 23.6. The molecule has 1 heterocycles. The van der Waals surface area contributed by atoms with Gasteiger partial charge in [-0.2, -0.15) is 13.2 Å². The Morgan fingerprint density at radius 2 is 1.55 bits per heavy atom. The lowest BCUT2D eigenvalue weighted by Gasteiger charge is -2.34. The van der Waals surface area contributed by atoms with Crippen LogP contribution in [0.1, 0.15) is 36.0 Å². The highest BCUT2D eigenvalue weighted by atomic mass is 19.4. The van der Waals surface area contributed by atoms with Crippen LogP contribution in [0.5, 0.6) is 5.75 Å². The number of halogens is 3. The molecule has 2 fully saturated rings. The van der Waals surface area contributed by atoms with Crippen molar-refractivity contribution in [2.24, 2.45) is 11.3 Å². The van der Waals surface area contributed by atoms with Crippen molar-refractivity contribution >= 4 is 5.91 Å². The van der Waals surface area contributed by atoms with E-state index in [0.717, 1.165) is 29.7 Å². The van der Waals surface area contributed by atoms with E-state index in [4.69, 9.17) is 4.74 Å². The zero-order valence-electron chi connectivity index (χ0n) is 19.2. The van der Waals surface area contributed by atoms with Crippen LogP contribution < -0.4 is 4.74 Å².